The van der Waals surface area contributed by atoms with Crippen molar-refractivity contribution in [1.29, 1.82) is 0 Å². The molecule has 0 radical (unpaired) electrons. The molecule has 0 bridgehead atoms. The van der Waals surface area contributed by atoms with E-state index in [2.05, 4.69) is 259 Å². The Kier molecular flexibility index (Phi) is 8.88. The zero-order valence-electron chi connectivity index (χ0n) is 39.7. The van der Waals surface area contributed by atoms with Gasteiger partial charge >= 0.3 is 0 Å². The van der Waals surface area contributed by atoms with Crippen molar-refractivity contribution in [3.05, 3.63) is 270 Å². The molecule has 15 rings (SSSR count). The van der Waals surface area contributed by atoms with E-state index in [1.165, 1.54) is 77.9 Å². The first kappa shape index (κ1) is 40.7. The van der Waals surface area contributed by atoms with Gasteiger partial charge in [-0.15, -0.1) is 0 Å². The summed E-state index contributed by atoms with van der Waals surface area (Å²) in [6.07, 6.45) is 5.83. The molecule has 0 fully saturated rings. The van der Waals surface area contributed by atoms with Crippen molar-refractivity contribution >= 4 is 28.1 Å². The van der Waals surface area contributed by atoms with Gasteiger partial charge in [-0.3, -0.25) is 9.13 Å². The van der Waals surface area contributed by atoms with E-state index in [1.54, 1.807) is 0 Å². The minimum Gasteiger partial charge on any atom is -0.292 e. The molecule has 3 aliphatic carbocycles. The van der Waals surface area contributed by atoms with E-state index in [0.717, 1.165) is 62.6 Å². The van der Waals surface area contributed by atoms with Crippen LogP contribution in [0.5, 0.6) is 0 Å². The SMILES string of the molecule is CC1C=Cc2c(c(-c3ccc(-c4nc5ccccc5n4-c4ccccc4)cc3)cc3c2-c2ccc(-c4ccc(-c5nc6ccccc6n5-c5ccccc5)cc4)cc2C32c3ccccc3-c3ccccc32)C1. The number of fused-ring (bicyclic) bond motifs is 14. The first-order valence-corrected chi connectivity index (χ1v) is 25.1. The van der Waals surface area contributed by atoms with Crippen LogP contribution in [0, 0.1) is 5.92 Å². The third kappa shape index (κ3) is 5.87. The summed E-state index contributed by atoms with van der Waals surface area (Å²) in [6.45, 7) is 2.35. The molecule has 1 spiro atoms. The second-order valence-electron chi connectivity index (χ2n) is 19.7. The van der Waals surface area contributed by atoms with E-state index in [-0.39, 0.29) is 0 Å². The summed E-state index contributed by atoms with van der Waals surface area (Å²) in [5.41, 5.74) is 26.3. The van der Waals surface area contributed by atoms with Crippen LogP contribution in [0.3, 0.4) is 0 Å². The number of benzene rings is 10. The molecule has 2 heterocycles. The molecule has 2 aromatic heterocycles. The summed E-state index contributed by atoms with van der Waals surface area (Å²) in [5, 5.41) is 0. The lowest BCUT2D eigenvalue weighted by Crippen LogP contribution is -2.26. The van der Waals surface area contributed by atoms with Crippen molar-refractivity contribution in [2.24, 2.45) is 5.92 Å². The molecule has 12 aromatic rings. The number of nitrogens with zero attached hydrogens (tertiary/aromatic N) is 4. The molecule has 0 saturated carbocycles. The average molecular weight is 919 g/mol. The fourth-order valence-corrected chi connectivity index (χ4v) is 12.6. The Balaban J connectivity index is 0.907. The highest BCUT2D eigenvalue weighted by Crippen LogP contribution is 2.65. The Morgan fingerprint density at radius 3 is 1.47 bits per heavy atom. The van der Waals surface area contributed by atoms with Crippen LogP contribution in [0.4, 0.5) is 0 Å². The van der Waals surface area contributed by atoms with Crippen LogP contribution in [0.1, 0.15) is 40.3 Å². The van der Waals surface area contributed by atoms with Gasteiger partial charge in [0.05, 0.1) is 27.5 Å². The van der Waals surface area contributed by atoms with Gasteiger partial charge in [-0.05, 0) is 151 Å². The highest BCUT2D eigenvalue weighted by Gasteiger charge is 2.53. The molecule has 0 saturated heterocycles. The van der Waals surface area contributed by atoms with Crippen molar-refractivity contribution < 1.29 is 0 Å². The predicted octanol–water partition coefficient (Wildman–Crippen LogP) is 16.6. The van der Waals surface area contributed by atoms with Gasteiger partial charge in [0.25, 0.3) is 0 Å². The van der Waals surface area contributed by atoms with Crippen LogP contribution < -0.4 is 0 Å². The summed E-state index contributed by atoms with van der Waals surface area (Å²) < 4.78 is 4.56. The zero-order chi connectivity index (χ0) is 47.5. The van der Waals surface area contributed by atoms with Gasteiger partial charge in [0.2, 0.25) is 0 Å². The molecule has 4 heteroatoms. The molecule has 4 nitrogen and oxygen atoms in total. The van der Waals surface area contributed by atoms with Gasteiger partial charge in [0.15, 0.2) is 0 Å². The second kappa shape index (κ2) is 15.7. The van der Waals surface area contributed by atoms with Gasteiger partial charge in [-0.1, -0.05) is 189 Å². The van der Waals surface area contributed by atoms with Gasteiger partial charge in [0.1, 0.15) is 11.6 Å². The summed E-state index contributed by atoms with van der Waals surface area (Å²) in [6, 6.07) is 84.4. The lowest BCUT2D eigenvalue weighted by Gasteiger charge is -2.32. The molecule has 1 atom stereocenters. The predicted molar refractivity (Wildman–Crippen MR) is 296 cm³/mol. The quantitative estimate of drug-likeness (QED) is 0.167. The number of aromatic nitrogens is 4. The first-order valence-electron chi connectivity index (χ1n) is 25.1. The van der Waals surface area contributed by atoms with E-state index in [0.29, 0.717) is 5.92 Å². The van der Waals surface area contributed by atoms with E-state index >= 15 is 0 Å². The number of rotatable bonds is 6. The van der Waals surface area contributed by atoms with Crippen LogP contribution >= 0.6 is 0 Å². The van der Waals surface area contributed by atoms with Crippen molar-refractivity contribution in [2.75, 3.05) is 0 Å². The lowest BCUT2D eigenvalue weighted by atomic mass is 9.69. The number of imidazole rings is 2. The summed E-state index contributed by atoms with van der Waals surface area (Å²) >= 11 is 0. The van der Waals surface area contributed by atoms with Crippen molar-refractivity contribution in [1.82, 2.24) is 19.1 Å². The third-order valence-electron chi connectivity index (χ3n) is 15.7. The third-order valence-corrected chi connectivity index (χ3v) is 15.7. The average Bonchev–Trinajstić information content (AvgIpc) is 4.19. The number of hydrogen-bond acceptors (Lipinski definition) is 2. The molecule has 3 aliphatic rings. The zero-order valence-corrected chi connectivity index (χ0v) is 39.7. The Morgan fingerprint density at radius 1 is 0.403 bits per heavy atom. The van der Waals surface area contributed by atoms with Gasteiger partial charge in [-0.2, -0.15) is 0 Å². The lowest BCUT2D eigenvalue weighted by molar-refractivity contribution is 0.717. The standard InChI is InChI=1S/C68H46N4/c1-43-28-38-53-56(40-43)55(45-31-35-47(36-32-45)67-70-62-25-13-15-27-64(62)72(67)50-18-6-3-7-19-50)42-60-65(53)54-39-37-48(41-59(54)68(60)57-22-10-8-20-51(57)52-21-9-11-23-58(52)68)44-29-33-46(34-30-44)66-69-61-24-12-14-26-63(61)71(66)49-16-4-2-5-17-49/h2-39,41-43H,40H2,1H3. The highest BCUT2D eigenvalue weighted by molar-refractivity contribution is 6.01. The molecular weight excluding hydrogens is 873 g/mol. The minimum absolute atomic E-state index is 0.414. The highest BCUT2D eigenvalue weighted by atomic mass is 15.1. The largest absolute Gasteiger partial charge is 0.292 e. The van der Waals surface area contributed by atoms with Crippen molar-refractivity contribution in [2.45, 2.75) is 18.8 Å². The Labute approximate surface area is 418 Å². The van der Waals surface area contributed by atoms with Gasteiger partial charge < -0.3 is 0 Å². The summed E-state index contributed by atoms with van der Waals surface area (Å²) in [4.78, 5) is 10.4. The van der Waals surface area contributed by atoms with Gasteiger partial charge in [-0.25, -0.2) is 9.97 Å². The molecule has 1 unspecified atom stereocenters. The Hall–Kier alpha value is -9.12. The number of allylic oxidation sites excluding steroid dienone is 1. The van der Waals surface area contributed by atoms with Crippen LogP contribution in [0.15, 0.2) is 237 Å². The van der Waals surface area contributed by atoms with Crippen molar-refractivity contribution in [3.8, 4) is 78.7 Å². The van der Waals surface area contributed by atoms with Gasteiger partial charge in [0, 0.05) is 22.5 Å². The fraction of sp³-hybridized carbons (Fsp3) is 0.0588. The van der Waals surface area contributed by atoms with Crippen LogP contribution in [-0.4, -0.2) is 19.1 Å². The van der Waals surface area contributed by atoms with Crippen molar-refractivity contribution in [3.63, 3.8) is 0 Å². The fourth-order valence-electron chi connectivity index (χ4n) is 12.6. The Morgan fingerprint density at radius 2 is 0.889 bits per heavy atom. The maximum atomic E-state index is 5.22. The minimum atomic E-state index is -0.532. The number of hydrogen-bond donors (Lipinski definition) is 0. The topological polar surface area (TPSA) is 35.6 Å². The normalized spacial score (nSPS) is 14.6. The summed E-state index contributed by atoms with van der Waals surface area (Å²) in [7, 11) is 0. The molecule has 338 valence electrons. The van der Waals surface area contributed by atoms with E-state index in [9.17, 15) is 0 Å². The molecule has 10 aromatic carbocycles. The maximum absolute atomic E-state index is 5.22. The maximum Gasteiger partial charge on any atom is 0.145 e. The summed E-state index contributed by atoms with van der Waals surface area (Å²) in [5.74, 6) is 2.28. The molecular formula is C68H46N4. The van der Waals surface area contributed by atoms with Crippen LogP contribution in [0.2, 0.25) is 0 Å². The monoisotopic (exact) mass is 918 g/mol. The van der Waals surface area contributed by atoms with E-state index in [1.807, 2.05) is 0 Å². The Bertz CT molecular complexity index is 4130. The second-order valence-corrected chi connectivity index (χ2v) is 19.7. The molecule has 0 amide bonds. The number of para-hydroxylation sites is 6. The first-order chi connectivity index (χ1) is 35.6. The van der Waals surface area contributed by atoms with E-state index < -0.39 is 5.41 Å². The smallest absolute Gasteiger partial charge is 0.145 e. The van der Waals surface area contributed by atoms with Crippen LogP contribution in [0.25, 0.3) is 107 Å². The van der Waals surface area contributed by atoms with E-state index in [4.69, 9.17) is 9.97 Å². The molecule has 0 aliphatic heterocycles. The molecule has 0 N–H and O–H groups in total. The van der Waals surface area contributed by atoms with Crippen LogP contribution in [-0.2, 0) is 11.8 Å². The molecule has 72 heavy (non-hydrogen) atoms.